The molecule has 1 unspecified atom stereocenters. The Balaban J connectivity index is 1.58. The van der Waals surface area contributed by atoms with Crippen molar-refractivity contribution in [3.8, 4) is 0 Å². The number of carbonyl (C=O) groups is 1. The lowest BCUT2D eigenvalue weighted by molar-refractivity contribution is 0.129. The first-order valence-electron chi connectivity index (χ1n) is 7.62. The molecule has 1 saturated heterocycles. The lowest BCUT2D eigenvalue weighted by Crippen LogP contribution is -2.53. The molecule has 1 fully saturated rings. The van der Waals surface area contributed by atoms with Crippen LogP contribution in [-0.2, 0) is 11.8 Å². The zero-order valence-corrected chi connectivity index (χ0v) is 13.3. The van der Waals surface area contributed by atoms with Crippen molar-refractivity contribution in [1.29, 1.82) is 0 Å². The Hall–Kier alpha value is -2.41. The minimum absolute atomic E-state index is 0.0829. The number of likely N-dealkylation sites (tertiary alicyclic amines) is 1. The van der Waals surface area contributed by atoms with Gasteiger partial charge in [0.25, 0.3) is 0 Å². The van der Waals surface area contributed by atoms with Gasteiger partial charge in [-0.3, -0.25) is 9.67 Å². The molecule has 0 spiro atoms. The van der Waals surface area contributed by atoms with E-state index in [0.29, 0.717) is 25.6 Å². The molecule has 3 heterocycles. The second-order valence-corrected chi connectivity index (χ2v) is 5.69. The fourth-order valence-corrected chi connectivity index (χ4v) is 2.78. The maximum Gasteiger partial charge on any atom is 0.318 e. The lowest BCUT2D eigenvalue weighted by Gasteiger charge is -2.39. The van der Waals surface area contributed by atoms with Crippen LogP contribution < -0.4 is 5.32 Å². The van der Waals surface area contributed by atoms with Crippen molar-refractivity contribution in [1.82, 2.24) is 25.0 Å². The zero-order valence-electron chi connectivity index (χ0n) is 13.3. The van der Waals surface area contributed by atoms with E-state index < -0.39 is 0 Å². The number of rotatable bonds is 5. The van der Waals surface area contributed by atoms with Gasteiger partial charge in [0.15, 0.2) is 0 Å². The molecular formula is C16H21N5O2. The third kappa shape index (κ3) is 3.34. The SMILES string of the molecule is COCC(NC(=O)N1CC(c2ccccn2)C1)c1ccnn1C. The summed E-state index contributed by atoms with van der Waals surface area (Å²) in [5.41, 5.74) is 1.96. The number of hydrogen-bond acceptors (Lipinski definition) is 4. The van der Waals surface area contributed by atoms with E-state index in [1.54, 1.807) is 29.1 Å². The molecule has 1 N–H and O–H groups in total. The Morgan fingerprint density at radius 3 is 2.83 bits per heavy atom. The summed E-state index contributed by atoms with van der Waals surface area (Å²) in [5, 5.41) is 7.16. The number of aromatic nitrogens is 3. The number of nitrogens with one attached hydrogen (secondary N) is 1. The molecular weight excluding hydrogens is 294 g/mol. The Labute approximate surface area is 135 Å². The molecule has 0 bridgehead atoms. The van der Waals surface area contributed by atoms with Crippen molar-refractivity contribution in [2.24, 2.45) is 7.05 Å². The van der Waals surface area contributed by atoms with Gasteiger partial charge in [-0.25, -0.2) is 4.79 Å². The molecule has 0 aromatic carbocycles. The predicted molar refractivity (Wildman–Crippen MR) is 84.9 cm³/mol. The minimum atomic E-state index is -0.214. The van der Waals surface area contributed by atoms with Gasteiger partial charge in [0.05, 0.1) is 18.3 Å². The fourth-order valence-electron chi connectivity index (χ4n) is 2.78. The van der Waals surface area contributed by atoms with E-state index in [1.807, 2.05) is 31.3 Å². The van der Waals surface area contributed by atoms with Crippen molar-refractivity contribution in [3.05, 3.63) is 48.0 Å². The van der Waals surface area contributed by atoms with Crippen molar-refractivity contribution in [2.75, 3.05) is 26.8 Å². The first kappa shape index (κ1) is 15.5. The number of aryl methyl sites for hydroxylation is 1. The molecule has 0 saturated carbocycles. The van der Waals surface area contributed by atoms with Gasteiger partial charge in [0.2, 0.25) is 0 Å². The van der Waals surface area contributed by atoms with Crippen LogP contribution in [0.5, 0.6) is 0 Å². The highest BCUT2D eigenvalue weighted by Crippen LogP contribution is 2.25. The number of ether oxygens (including phenoxy) is 1. The molecule has 1 aliphatic rings. The van der Waals surface area contributed by atoms with Gasteiger partial charge in [-0.15, -0.1) is 0 Å². The average molecular weight is 315 g/mol. The number of carbonyl (C=O) groups excluding carboxylic acids is 1. The van der Waals surface area contributed by atoms with E-state index in [0.717, 1.165) is 11.4 Å². The van der Waals surface area contributed by atoms with E-state index in [4.69, 9.17) is 4.74 Å². The number of nitrogens with zero attached hydrogens (tertiary/aromatic N) is 4. The van der Waals surface area contributed by atoms with E-state index >= 15 is 0 Å². The van der Waals surface area contributed by atoms with Crippen molar-refractivity contribution >= 4 is 6.03 Å². The Kier molecular flexibility index (Phi) is 4.57. The minimum Gasteiger partial charge on any atom is -0.382 e. The second kappa shape index (κ2) is 6.78. The van der Waals surface area contributed by atoms with E-state index in [1.165, 1.54) is 0 Å². The second-order valence-electron chi connectivity index (χ2n) is 5.69. The largest absolute Gasteiger partial charge is 0.382 e. The van der Waals surface area contributed by atoms with Gasteiger partial charge in [0, 0.05) is 51.3 Å². The molecule has 2 amide bonds. The van der Waals surface area contributed by atoms with Crippen LogP contribution in [0, 0.1) is 0 Å². The summed E-state index contributed by atoms with van der Waals surface area (Å²) in [5.74, 6) is 0.319. The number of hydrogen-bond donors (Lipinski definition) is 1. The van der Waals surface area contributed by atoms with E-state index in [2.05, 4.69) is 15.4 Å². The van der Waals surface area contributed by atoms with E-state index in [-0.39, 0.29) is 12.1 Å². The predicted octanol–water partition coefficient (Wildman–Crippen LogP) is 1.31. The van der Waals surface area contributed by atoms with Crippen molar-refractivity contribution in [2.45, 2.75) is 12.0 Å². The molecule has 7 nitrogen and oxygen atoms in total. The Morgan fingerprint density at radius 1 is 1.39 bits per heavy atom. The van der Waals surface area contributed by atoms with Crippen LogP contribution in [0.4, 0.5) is 4.79 Å². The summed E-state index contributed by atoms with van der Waals surface area (Å²) in [4.78, 5) is 18.5. The number of amides is 2. The van der Waals surface area contributed by atoms with Gasteiger partial charge in [-0.1, -0.05) is 6.07 Å². The van der Waals surface area contributed by atoms with Crippen LogP contribution >= 0.6 is 0 Å². The van der Waals surface area contributed by atoms with Gasteiger partial charge >= 0.3 is 6.03 Å². The van der Waals surface area contributed by atoms with Crippen LogP contribution in [0.3, 0.4) is 0 Å². The van der Waals surface area contributed by atoms with Crippen LogP contribution in [0.2, 0.25) is 0 Å². The molecule has 122 valence electrons. The first-order valence-corrected chi connectivity index (χ1v) is 7.62. The van der Waals surface area contributed by atoms with Gasteiger partial charge in [0.1, 0.15) is 0 Å². The highest BCUT2D eigenvalue weighted by molar-refractivity contribution is 5.75. The van der Waals surface area contributed by atoms with Crippen LogP contribution in [-0.4, -0.2) is 52.5 Å². The highest BCUT2D eigenvalue weighted by Gasteiger charge is 2.33. The molecule has 3 rings (SSSR count). The normalized spacial score (nSPS) is 16.0. The van der Waals surface area contributed by atoms with Crippen molar-refractivity contribution < 1.29 is 9.53 Å². The van der Waals surface area contributed by atoms with Crippen molar-refractivity contribution in [3.63, 3.8) is 0 Å². The van der Waals surface area contributed by atoms with Gasteiger partial charge < -0.3 is 15.0 Å². The topological polar surface area (TPSA) is 72.3 Å². The molecule has 2 aromatic heterocycles. The quantitative estimate of drug-likeness (QED) is 0.903. The maximum atomic E-state index is 12.4. The number of urea groups is 1. The zero-order chi connectivity index (χ0) is 16.2. The third-order valence-electron chi connectivity index (χ3n) is 4.12. The molecule has 7 heteroatoms. The molecule has 1 aliphatic heterocycles. The highest BCUT2D eigenvalue weighted by atomic mass is 16.5. The molecule has 23 heavy (non-hydrogen) atoms. The molecule has 2 aromatic rings. The van der Waals surface area contributed by atoms with Gasteiger partial charge in [-0.05, 0) is 18.2 Å². The monoisotopic (exact) mass is 315 g/mol. The van der Waals surface area contributed by atoms with Gasteiger partial charge in [-0.2, -0.15) is 5.10 Å². The lowest BCUT2D eigenvalue weighted by atomic mass is 9.96. The fraction of sp³-hybridized carbons (Fsp3) is 0.438. The molecule has 1 atom stereocenters. The summed E-state index contributed by atoms with van der Waals surface area (Å²) in [6.45, 7) is 1.78. The average Bonchev–Trinajstić information content (AvgIpc) is 2.92. The first-order chi connectivity index (χ1) is 11.2. The summed E-state index contributed by atoms with van der Waals surface area (Å²) in [6.07, 6.45) is 3.50. The van der Waals surface area contributed by atoms with Crippen LogP contribution in [0.15, 0.2) is 36.7 Å². The number of methoxy groups -OCH3 is 1. The summed E-state index contributed by atoms with van der Waals surface area (Å²) < 4.78 is 6.97. The molecule has 0 aliphatic carbocycles. The number of pyridine rings is 1. The Bertz CT molecular complexity index is 652. The standard InChI is InChI=1S/C16H21N5O2/c1-20-15(6-8-18-20)14(11-23-2)19-16(22)21-9-12(10-21)13-5-3-4-7-17-13/h3-8,12,14H,9-11H2,1-2H3,(H,19,22). The van der Waals surface area contributed by atoms with Crippen LogP contribution in [0.1, 0.15) is 23.3 Å². The summed E-state index contributed by atoms with van der Waals surface area (Å²) >= 11 is 0. The maximum absolute atomic E-state index is 12.4. The Morgan fingerprint density at radius 2 is 2.22 bits per heavy atom. The van der Waals surface area contributed by atoms with E-state index in [9.17, 15) is 4.79 Å². The third-order valence-corrected chi connectivity index (χ3v) is 4.12. The molecule has 0 radical (unpaired) electrons. The van der Waals surface area contributed by atoms with Crippen LogP contribution in [0.25, 0.3) is 0 Å². The smallest absolute Gasteiger partial charge is 0.318 e. The summed E-state index contributed by atoms with van der Waals surface area (Å²) in [7, 11) is 3.47. The summed E-state index contributed by atoms with van der Waals surface area (Å²) in [6, 6.07) is 7.47.